The fourth-order valence-electron chi connectivity index (χ4n) is 0.988. The molecule has 0 saturated carbocycles. The van der Waals surface area contributed by atoms with Crippen LogP contribution in [0.25, 0.3) is 0 Å². The van der Waals surface area contributed by atoms with Crippen molar-refractivity contribution >= 4 is 5.97 Å². The van der Waals surface area contributed by atoms with Crippen LogP contribution in [0.5, 0.6) is 5.75 Å². The van der Waals surface area contributed by atoms with E-state index in [0.29, 0.717) is 0 Å². The highest BCUT2D eigenvalue weighted by molar-refractivity contribution is 5.90. The van der Waals surface area contributed by atoms with Gasteiger partial charge in [0.25, 0.3) is 0 Å². The number of esters is 1. The molecule has 0 aliphatic carbocycles. The summed E-state index contributed by atoms with van der Waals surface area (Å²) in [5.41, 5.74) is -0.715. The predicted octanol–water partition coefficient (Wildman–Crippen LogP) is 1.90. The Morgan fingerprint density at radius 2 is 1.73 bits per heavy atom. The lowest BCUT2D eigenvalue weighted by molar-refractivity contribution is 0.0593. The van der Waals surface area contributed by atoms with E-state index in [1.165, 1.54) is 0 Å². The summed E-state index contributed by atoms with van der Waals surface area (Å²) in [6, 6.07) is 0.736. The second-order valence-corrected chi connectivity index (χ2v) is 2.56. The number of halogens is 3. The topological polar surface area (TPSA) is 35.5 Å². The first-order valence-corrected chi connectivity index (χ1v) is 3.82. The molecule has 0 unspecified atom stereocenters. The molecule has 0 bridgehead atoms. The average Bonchev–Trinajstić information content (AvgIpc) is 2.25. The molecule has 3 nitrogen and oxygen atoms in total. The molecule has 6 heteroatoms. The van der Waals surface area contributed by atoms with Crippen molar-refractivity contribution in [3.63, 3.8) is 0 Å². The van der Waals surface area contributed by atoms with Gasteiger partial charge in [-0.1, -0.05) is 0 Å². The molecule has 15 heavy (non-hydrogen) atoms. The van der Waals surface area contributed by atoms with Crippen molar-refractivity contribution in [1.29, 1.82) is 0 Å². The van der Waals surface area contributed by atoms with Crippen molar-refractivity contribution in [1.82, 2.24) is 0 Å². The normalized spacial score (nSPS) is 9.93. The molecule has 1 aromatic rings. The van der Waals surface area contributed by atoms with Crippen LogP contribution in [0.15, 0.2) is 6.07 Å². The number of hydrogen-bond donors (Lipinski definition) is 0. The van der Waals surface area contributed by atoms with Crippen LogP contribution in [0.3, 0.4) is 0 Å². The van der Waals surface area contributed by atoms with Crippen molar-refractivity contribution in [3.05, 3.63) is 29.1 Å². The fraction of sp³-hybridized carbons (Fsp3) is 0.222. The summed E-state index contributed by atoms with van der Waals surface area (Å²) in [6.07, 6.45) is 0. The van der Waals surface area contributed by atoms with Crippen LogP contribution in [0.2, 0.25) is 0 Å². The Balaban J connectivity index is 3.41. The molecule has 0 spiro atoms. The molecule has 0 aromatic heterocycles. The van der Waals surface area contributed by atoms with Gasteiger partial charge in [-0.3, -0.25) is 0 Å². The van der Waals surface area contributed by atoms with Gasteiger partial charge in [0.1, 0.15) is 5.56 Å². The molecule has 0 aliphatic heterocycles. The minimum atomic E-state index is -1.77. The second kappa shape index (κ2) is 4.20. The van der Waals surface area contributed by atoms with Gasteiger partial charge in [0.15, 0.2) is 17.4 Å². The smallest absolute Gasteiger partial charge is 0.341 e. The quantitative estimate of drug-likeness (QED) is 0.564. The minimum absolute atomic E-state index is 0.561. The predicted molar refractivity (Wildman–Crippen MR) is 44.2 cm³/mol. The number of hydrogen-bond acceptors (Lipinski definition) is 3. The van der Waals surface area contributed by atoms with Crippen LogP contribution >= 0.6 is 0 Å². The van der Waals surface area contributed by atoms with Crippen LogP contribution in [0.4, 0.5) is 13.2 Å². The third-order valence-corrected chi connectivity index (χ3v) is 1.74. The molecule has 0 amide bonds. The maximum Gasteiger partial charge on any atom is 0.341 e. The SMILES string of the molecule is COC(=O)c1cc(OC)c(F)c(F)c1F. The van der Waals surface area contributed by atoms with E-state index in [0.717, 1.165) is 20.3 Å². The molecule has 82 valence electrons. The Morgan fingerprint density at radius 3 is 2.20 bits per heavy atom. The lowest BCUT2D eigenvalue weighted by atomic mass is 10.2. The lowest BCUT2D eigenvalue weighted by Gasteiger charge is -2.07. The zero-order chi connectivity index (χ0) is 11.6. The van der Waals surface area contributed by atoms with Gasteiger partial charge >= 0.3 is 5.97 Å². The molecule has 0 N–H and O–H groups in total. The maximum atomic E-state index is 13.0. The Kier molecular flexibility index (Phi) is 3.18. The van der Waals surface area contributed by atoms with Crippen molar-refractivity contribution in [2.75, 3.05) is 14.2 Å². The zero-order valence-electron chi connectivity index (χ0n) is 7.94. The fourth-order valence-corrected chi connectivity index (χ4v) is 0.988. The van der Waals surface area contributed by atoms with E-state index in [1.54, 1.807) is 0 Å². The van der Waals surface area contributed by atoms with Crippen molar-refractivity contribution < 1.29 is 27.4 Å². The van der Waals surface area contributed by atoms with Gasteiger partial charge in [-0.15, -0.1) is 0 Å². The monoisotopic (exact) mass is 220 g/mol. The first kappa shape index (κ1) is 11.4. The molecule has 0 fully saturated rings. The number of rotatable bonds is 2. The van der Waals surface area contributed by atoms with Gasteiger partial charge in [-0.2, -0.15) is 4.39 Å². The molecule has 0 aliphatic rings. The highest BCUT2D eigenvalue weighted by Gasteiger charge is 2.23. The standard InChI is InChI=1S/C9H7F3O3/c1-14-5-3-4(9(13)15-2)6(10)8(12)7(5)11/h3H,1-2H3. The van der Waals surface area contributed by atoms with Gasteiger partial charge in [0.2, 0.25) is 5.82 Å². The van der Waals surface area contributed by atoms with Crippen molar-refractivity contribution in [2.24, 2.45) is 0 Å². The van der Waals surface area contributed by atoms with Crippen molar-refractivity contribution in [3.8, 4) is 5.75 Å². The molecule has 1 aromatic carbocycles. The molecular formula is C9H7F3O3. The Bertz CT molecular complexity index is 404. The average molecular weight is 220 g/mol. The number of carbonyl (C=O) groups is 1. The molecule has 0 saturated heterocycles. The molecule has 0 atom stereocenters. The number of methoxy groups -OCH3 is 2. The molecule has 0 radical (unpaired) electrons. The van der Waals surface area contributed by atoms with E-state index < -0.39 is 34.7 Å². The number of ether oxygens (including phenoxy) is 2. The molecule has 1 rings (SSSR count). The lowest BCUT2D eigenvalue weighted by Crippen LogP contribution is -2.08. The van der Waals surface area contributed by atoms with E-state index in [9.17, 15) is 18.0 Å². The summed E-state index contributed by atoms with van der Waals surface area (Å²) in [7, 11) is 2.06. The summed E-state index contributed by atoms with van der Waals surface area (Å²) in [5, 5.41) is 0. The first-order valence-electron chi connectivity index (χ1n) is 3.82. The Labute approximate surface area is 83.4 Å². The molecule has 0 heterocycles. The Hall–Kier alpha value is -1.72. The van der Waals surface area contributed by atoms with E-state index in [1.807, 2.05) is 0 Å². The van der Waals surface area contributed by atoms with Crippen LogP contribution in [-0.2, 0) is 4.74 Å². The summed E-state index contributed by atoms with van der Waals surface area (Å²) in [4.78, 5) is 11.0. The molecular weight excluding hydrogens is 213 g/mol. The summed E-state index contributed by atoms with van der Waals surface area (Å²) in [6.45, 7) is 0. The van der Waals surface area contributed by atoms with Crippen molar-refractivity contribution in [2.45, 2.75) is 0 Å². The van der Waals surface area contributed by atoms with Gasteiger partial charge in [0.05, 0.1) is 14.2 Å². The van der Waals surface area contributed by atoms with E-state index in [2.05, 4.69) is 9.47 Å². The van der Waals surface area contributed by atoms with Gasteiger partial charge in [-0.25, -0.2) is 13.6 Å². The first-order chi connectivity index (χ1) is 7.02. The van der Waals surface area contributed by atoms with Crippen LogP contribution in [-0.4, -0.2) is 20.2 Å². The summed E-state index contributed by atoms with van der Waals surface area (Å²) >= 11 is 0. The number of carbonyl (C=O) groups excluding carboxylic acids is 1. The van der Waals surface area contributed by atoms with Gasteiger partial charge in [0, 0.05) is 6.07 Å². The van der Waals surface area contributed by atoms with Crippen LogP contribution in [0.1, 0.15) is 10.4 Å². The summed E-state index contributed by atoms with van der Waals surface area (Å²) in [5.74, 6) is -6.52. The summed E-state index contributed by atoms with van der Waals surface area (Å²) < 4.78 is 47.5. The third kappa shape index (κ3) is 1.88. The third-order valence-electron chi connectivity index (χ3n) is 1.74. The van der Waals surface area contributed by atoms with Gasteiger partial charge < -0.3 is 9.47 Å². The zero-order valence-corrected chi connectivity index (χ0v) is 7.94. The van der Waals surface area contributed by atoms with E-state index >= 15 is 0 Å². The van der Waals surface area contributed by atoms with Crippen LogP contribution in [0, 0.1) is 17.5 Å². The minimum Gasteiger partial charge on any atom is -0.494 e. The highest BCUT2D eigenvalue weighted by Crippen LogP contribution is 2.25. The number of benzene rings is 1. The largest absolute Gasteiger partial charge is 0.494 e. The Morgan fingerprint density at radius 1 is 1.13 bits per heavy atom. The van der Waals surface area contributed by atoms with E-state index in [4.69, 9.17) is 0 Å². The second-order valence-electron chi connectivity index (χ2n) is 2.56. The maximum absolute atomic E-state index is 13.0. The van der Waals surface area contributed by atoms with E-state index in [-0.39, 0.29) is 0 Å². The highest BCUT2D eigenvalue weighted by atomic mass is 19.2. The van der Waals surface area contributed by atoms with Crippen LogP contribution < -0.4 is 4.74 Å². The van der Waals surface area contributed by atoms with Gasteiger partial charge in [-0.05, 0) is 0 Å².